The Hall–Kier alpha value is -3.61. The summed E-state index contributed by atoms with van der Waals surface area (Å²) in [6, 6.07) is 15.6. The second-order valence-electron chi connectivity index (χ2n) is 11.2. The molecule has 1 saturated heterocycles. The van der Waals surface area contributed by atoms with Crippen LogP contribution in [0.3, 0.4) is 0 Å². The number of aryl methyl sites for hydroxylation is 1. The summed E-state index contributed by atoms with van der Waals surface area (Å²) in [5, 5.41) is 4.38. The number of ether oxygens (including phenoxy) is 2. The van der Waals surface area contributed by atoms with Gasteiger partial charge in [-0.2, -0.15) is 0 Å². The van der Waals surface area contributed by atoms with E-state index in [1.807, 2.05) is 58.0 Å². The Morgan fingerprint density at radius 3 is 2.70 bits per heavy atom. The van der Waals surface area contributed by atoms with Crippen LogP contribution in [-0.2, 0) is 10.3 Å². The van der Waals surface area contributed by atoms with Gasteiger partial charge in [-0.1, -0.05) is 24.3 Å². The zero-order chi connectivity index (χ0) is 26.2. The Kier molecular flexibility index (Phi) is 6.56. The second-order valence-corrected chi connectivity index (χ2v) is 11.2. The molecule has 0 radical (unpaired) electrons. The maximum absolute atomic E-state index is 13.5. The molecular formula is C30H35N3O4. The van der Waals surface area contributed by atoms with E-state index in [1.54, 1.807) is 17.2 Å². The van der Waals surface area contributed by atoms with Crippen LogP contribution < -0.4 is 10.1 Å². The molecule has 1 aliphatic heterocycles. The number of rotatable bonds is 6. The second kappa shape index (κ2) is 9.69. The van der Waals surface area contributed by atoms with Gasteiger partial charge in [-0.3, -0.25) is 9.78 Å². The highest BCUT2D eigenvalue weighted by molar-refractivity contribution is 5.97. The van der Waals surface area contributed by atoms with Gasteiger partial charge in [-0.25, -0.2) is 4.79 Å². The van der Waals surface area contributed by atoms with E-state index in [4.69, 9.17) is 9.47 Å². The average molecular weight is 502 g/mol. The van der Waals surface area contributed by atoms with E-state index in [2.05, 4.69) is 22.4 Å². The Morgan fingerprint density at radius 2 is 1.95 bits per heavy atom. The summed E-state index contributed by atoms with van der Waals surface area (Å²) in [6.45, 7) is 8.56. The van der Waals surface area contributed by atoms with Crippen molar-refractivity contribution in [2.45, 2.75) is 70.6 Å². The van der Waals surface area contributed by atoms with Gasteiger partial charge in [-0.05, 0) is 88.8 Å². The molecular weight excluding hydrogens is 466 g/mol. The number of fused-ring (bicyclic) bond motifs is 1. The van der Waals surface area contributed by atoms with Gasteiger partial charge in [-0.15, -0.1) is 0 Å². The number of hydrogen-bond donors (Lipinski definition) is 1. The molecule has 1 N–H and O–H groups in total. The van der Waals surface area contributed by atoms with Crippen molar-refractivity contribution in [2.75, 3.05) is 13.2 Å². The first-order chi connectivity index (χ1) is 17.7. The van der Waals surface area contributed by atoms with Gasteiger partial charge in [0.25, 0.3) is 5.91 Å². The Bertz CT molecular complexity index is 1320. The number of carbonyl (C=O) groups excluding carboxylic acids is 2. The summed E-state index contributed by atoms with van der Waals surface area (Å²) in [5.41, 5.74) is 2.61. The van der Waals surface area contributed by atoms with E-state index >= 15 is 0 Å². The number of pyridine rings is 1. The number of nitrogens with zero attached hydrogens (tertiary/aromatic N) is 2. The van der Waals surface area contributed by atoms with Gasteiger partial charge in [0, 0.05) is 23.7 Å². The van der Waals surface area contributed by atoms with E-state index in [9.17, 15) is 9.59 Å². The molecule has 7 nitrogen and oxygen atoms in total. The van der Waals surface area contributed by atoms with Crippen LogP contribution in [0.1, 0.15) is 67.9 Å². The zero-order valence-electron chi connectivity index (χ0n) is 22.0. The quantitative estimate of drug-likeness (QED) is 0.466. The fourth-order valence-electron chi connectivity index (χ4n) is 5.09. The number of carbonyl (C=O) groups is 2. The van der Waals surface area contributed by atoms with E-state index < -0.39 is 5.60 Å². The molecule has 194 valence electrons. The standard InChI is InChI=1S/C30H35N3O4/c1-20-12-13-22(36-19-21-8-7-17-33(21)28(35)37-29(2,3)4)18-24(20)27(34)32-30(14-15-30)25-10-5-11-26-23(25)9-6-16-31-26/h5-6,9-13,16,18,21H,7-8,14-15,17,19H2,1-4H3,(H,32,34)/t21-/m1/s1. The largest absolute Gasteiger partial charge is 0.491 e. The van der Waals surface area contributed by atoms with Gasteiger partial charge in [0.05, 0.1) is 17.1 Å². The molecule has 2 amide bonds. The van der Waals surface area contributed by atoms with Crippen molar-refractivity contribution in [2.24, 2.45) is 0 Å². The lowest BCUT2D eigenvalue weighted by atomic mass is 9.98. The summed E-state index contributed by atoms with van der Waals surface area (Å²) >= 11 is 0. The van der Waals surface area contributed by atoms with Gasteiger partial charge >= 0.3 is 6.09 Å². The topological polar surface area (TPSA) is 80.8 Å². The third-order valence-corrected chi connectivity index (χ3v) is 7.17. The first kappa shape index (κ1) is 25.1. The van der Waals surface area contributed by atoms with Crippen LogP contribution in [0, 0.1) is 6.92 Å². The summed E-state index contributed by atoms with van der Waals surface area (Å²) in [5.74, 6) is 0.503. The van der Waals surface area contributed by atoms with Crippen LogP contribution >= 0.6 is 0 Å². The fourth-order valence-corrected chi connectivity index (χ4v) is 5.09. The van der Waals surface area contributed by atoms with Crippen LogP contribution in [0.5, 0.6) is 5.75 Å². The van der Waals surface area contributed by atoms with Crippen molar-refractivity contribution in [3.63, 3.8) is 0 Å². The molecule has 3 aromatic rings. The van der Waals surface area contributed by atoms with E-state index in [1.165, 1.54) is 0 Å². The molecule has 2 aliphatic rings. The van der Waals surface area contributed by atoms with Gasteiger partial charge in [0.2, 0.25) is 0 Å². The molecule has 2 fully saturated rings. The van der Waals surface area contributed by atoms with Gasteiger partial charge in [0.15, 0.2) is 0 Å². The molecule has 0 bridgehead atoms. The van der Waals surface area contributed by atoms with Crippen molar-refractivity contribution in [1.82, 2.24) is 15.2 Å². The minimum Gasteiger partial charge on any atom is -0.491 e. The predicted molar refractivity (Wildman–Crippen MR) is 143 cm³/mol. The SMILES string of the molecule is Cc1ccc(OC[C@H]2CCCN2C(=O)OC(C)(C)C)cc1C(=O)NC1(c2cccc3ncccc23)CC1. The highest BCUT2D eigenvalue weighted by Gasteiger charge is 2.47. The molecule has 0 spiro atoms. The maximum atomic E-state index is 13.5. The van der Waals surface area contributed by atoms with Gasteiger partial charge < -0.3 is 19.7 Å². The number of likely N-dealkylation sites (tertiary alicyclic amines) is 1. The molecule has 1 saturated carbocycles. The Morgan fingerprint density at radius 1 is 1.14 bits per heavy atom. The number of nitrogens with one attached hydrogen (secondary N) is 1. The van der Waals surface area contributed by atoms with Crippen molar-refractivity contribution in [1.29, 1.82) is 0 Å². The molecule has 1 aromatic heterocycles. The highest BCUT2D eigenvalue weighted by atomic mass is 16.6. The van der Waals surface area contributed by atoms with Crippen LogP contribution in [-0.4, -0.2) is 46.7 Å². The third-order valence-electron chi connectivity index (χ3n) is 7.17. The molecule has 1 aliphatic carbocycles. The maximum Gasteiger partial charge on any atom is 0.410 e. The lowest BCUT2D eigenvalue weighted by Crippen LogP contribution is -2.42. The Labute approximate surface area is 218 Å². The van der Waals surface area contributed by atoms with Crippen molar-refractivity contribution in [3.05, 3.63) is 71.4 Å². The van der Waals surface area contributed by atoms with E-state index in [0.717, 1.165) is 47.7 Å². The summed E-state index contributed by atoms with van der Waals surface area (Å²) in [4.78, 5) is 32.3. The first-order valence-electron chi connectivity index (χ1n) is 13.1. The third kappa shape index (κ3) is 5.41. The number of amides is 2. The number of aromatic nitrogens is 1. The molecule has 2 heterocycles. The Balaban J connectivity index is 1.28. The normalized spacial score (nSPS) is 18.5. The molecule has 7 heteroatoms. The molecule has 0 unspecified atom stereocenters. The van der Waals surface area contributed by atoms with Crippen molar-refractivity contribution in [3.8, 4) is 5.75 Å². The monoisotopic (exact) mass is 501 g/mol. The lowest BCUT2D eigenvalue weighted by Gasteiger charge is -2.28. The van der Waals surface area contributed by atoms with E-state index in [0.29, 0.717) is 24.5 Å². The van der Waals surface area contributed by atoms with Gasteiger partial charge in [0.1, 0.15) is 18.0 Å². The number of benzene rings is 2. The van der Waals surface area contributed by atoms with E-state index in [-0.39, 0.29) is 23.6 Å². The fraction of sp³-hybridized carbons (Fsp3) is 0.433. The van der Waals surface area contributed by atoms with Crippen LogP contribution in [0.25, 0.3) is 10.9 Å². The summed E-state index contributed by atoms with van der Waals surface area (Å²) in [7, 11) is 0. The molecule has 5 rings (SSSR count). The minimum atomic E-state index is -0.536. The minimum absolute atomic E-state index is 0.0527. The zero-order valence-corrected chi connectivity index (χ0v) is 22.0. The molecule has 1 atom stereocenters. The summed E-state index contributed by atoms with van der Waals surface area (Å²) < 4.78 is 11.7. The lowest BCUT2D eigenvalue weighted by molar-refractivity contribution is 0.0187. The average Bonchev–Trinajstić information content (AvgIpc) is 3.47. The van der Waals surface area contributed by atoms with Crippen molar-refractivity contribution >= 4 is 22.9 Å². The predicted octanol–water partition coefficient (Wildman–Crippen LogP) is 5.74. The number of hydrogen-bond acceptors (Lipinski definition) is 5. The molecule has 2 aromatic carbocycles. The van der Waals surface area contributed by atoms with Crippen LogP contribution in [0.2, 0.25) is 0 Å². The van der Waals surface area contributed by atoms with Crippen LogP contribution in [0.15, 0.2) is 54.7 Å². The highest BCUT2D eigenvalue weighted by Crippen LogP contribution is 2.48. The first-order valence-corrected chi connectivity index (χ1v) is 13.1. The molecule has 37 heavy (non-hydrogen) atoms. The van der Waals surface area contributed by atoms with Crippen LogP contribution in [0.4, 0.5) is 4.79 Å². The van der Waals surface area contributed by atoms with Crippen molar-refractivity contribution < 1.29 is 19.1 Å². The smallest absolute Gasteiger partial charge is 0.410 e. The summed E-state index contributed by atoms with van der Waals surface area (Å²) in [6.07, 6.45) is 5.05.